The fourth-order valence-electron chi connectivity index (χ4n) is 4.68. The van der Waals surface area contributed by atoms with Crippen molar-refractivity contribution in [2.24, 2.45) is 5.92 Å². The van der Waals surface area contributed by atoms with Crippen LogP contribution >= 0.6 is 11.3 Å². The number of amides is 2. The number of nitrogens with zero attached hydrogens (tertiary/aromatic N) is 1. The summed E-state index contributed by atoms with van der Waals surface area (Å²) >= 11 is 0.911. The predicted octanol–water partition coefficient (Wildman–Crippen LogP) is 3.21. The van der Waals surface area contributed by atoms with Gasteiger partial charge >= 0.3 is 27.4 Å². The quantitative estimate of drug-likeness (QED) is 0.124. The Bertz CT molecular complexity index is 1400. The number of rotatable bonds is 14. The summed E-state index contributed by atoms with van der Waals surface area (Å²) in [5.41, 5.74) is -0.828. The molecule has 3 heterocycles. The summed E-state index contributed by atoms with van der Waals surface area (Å²) in [6.45, 7) is 11.3. The molecule has 258 valence electrons. The molecule has 16 nitrogen and oxygen atoms in total. The van der Waals surface area contributed by atoms with Gasteiger partial charge in [-0.1, -0.05) is 25.2 Å². The van der Waals surface area contributed by atoms with Crippen LogP contribution in [0.5, 0.6) is 0 Å². The molecular weight excluding hydrogens is 650 g/mol. The number of fused-ring (bicyclic) bond motifs is 1. The van der Waals surface area contributed by atoms with Crippen molar-refractivity contribution in [3.8, 4) is 0 Å². The molecule has 2 aliphatic rings. The topological polar surface area (TPSA) is 208 Å². The lowest BCUT2D eigenvalue weighted by Gasteiger charge is -2.25. The van der Waals surface area contributed by atoms with E-state index in [-0.39, 0.29) is 30.4 Å². The maximum absolute atomic E-state index is 12.9. The molecule has 2 aliphatic heterocycles. The number of hydrogen-bond acceptors (Lipinski definition) is 14. The van der Waals surface area contributed by atoms with E-state index in [9.17, 15) is 32.9 Å². The molecule has 0 radical (unpaired) electrons. The summed E-state index contributed by atoms with van der Waals surface area (Å²) in [7, 11) is -4.64. The molecule has 5 unspecified atom stereocenters. The van der Waals surface area contributed by atoms with Crippen LogP contribution in [0.2, 0.25) is 0 Å². The molecule has 18 heteroatoms. The highest BCUT2D eigenvalue weighted by Crippen LogP contribution is 2.40. The van der Waals surface area contributed by atoms with Crippen LogP contribution in [0.25, 0.3) is 6.08 Å². The molecule has 2 fully saturated rings. The van der Waals surface area contributed by atoms with Crippen LogP contribution < -0.4 is 10.0 Å². The Labute approximate surface area is 271 Å². The Morgan fingerprint density at radius 3 is 2.39 bits per heavy atom. The number of nitrogens with one attached hydrogen (secondary N) is 2. The fraction of sp³-hybridized carbons (Fsp3) is 0.679. The second-order valence-corrected chi connectivity index (χ2v) is 15.0. The molecule has 1 aromatic heterocycles. The highest BCUT2D eigenvalue weighted by molar-refractivity contribution is 7.85. The first-order valence-corrected chi connectivity index (χ1v) is 16.8. The van der Waals surface area contributed by atoms with Crippen molar-refractivity contribution in [3.05, 3.63) is 33.2 Å². The van der Waals surface area contributed by atoms with Gasteiger partial charge in [-0.25, -0.2) is 14.3 Å². The Kier molecular flexibility index (Phi) is 12.3. The summed E-state index contributed by atoms with van der Waals surface area (Å²) in [5.74, 6) is -2.76. The Morgan fingerprint density at radius 2 is 1.80 bits per heavy atom. The minimum atomic E-state index is -4.64. The minimum Gasteiger partial charge on any atom is -0.462 e. The van der Waals surface area contributed by atoms with Crippen molar-refractivity contribution < 1.29 is 55.6 Å². The lowest BCUT2D eigenvalue weighted by molar-refractivity contribution is -0.380. The molecule has 0 aliphatic carbocycles. The van der Waals surface area contributed by atoms with Gasteiger partial charge in [0, 0.05) is 23.4 Å². The van der Waals surface area contributed by atoms with E-state index in [1.165, 1.54) is 18.2 Å². The van der Waals surface area contributed by atoms with Crippen molar-refractivity contribution in [2.45, 2.75) is 103 Å². The maximum Gasteiger partial charge on any atom is 0.408 e. The third-order valence-electron chi connectivity index (χ3n) is 6.40. The summed E-state index contributed by atoms with van der Waals surface area (Å²) in [4.78, 5) is 48.1. The van der Waals surface area contributed by atoms with E-state index in [4.69, 9.17) is 27.9 Å². The average Bonchev–Trinajstić information content (AvgIpc) is 3.58. The van der Waals surface area contributed by atoms with Crippen molar-refractivity contribution in [2.75, 3.05) is 13.2 Å². The van der Waals surface area contributed by atoms with Crippen LogP contribution in [-0.4, -0.2) is 86.4 Å². The van der Waals surface area contributed by atoms with E-state index in [2.05, 4.69) is 5.32 Å². The van der Waals surface area contributed by atoms with E-state index in [0.29, 0.717) is 4.88 Å². The lowest BCUT2D eigenvalue weighted by atomic mass is 10.0. The molecule has 46 heavy (non-hydrogen) atoms. The van der Waals surface area contributed by atoms with E-state index >= 15 is 0 Å². The first-order chi connectivity index (χ1) is 21.2. The Hall–Kier alpha value is -3.16. The monoisotopic (exact) mass is 691 g/mol. The molecule has 3 rings (SSSR count). The van der Waals surface area contributed by atoms with Gasteiger partial charge in [0.2, 0.25) is 0 Å². The van der Waals surface area contributed by atoms with E-state index in [1.807, 2.05) is 4.72 Å². The number of carbonyl (C=O) groups excluding carboxylic acids is 3. The second kappa shape index (κ2) is 15.2. The molecule has 5 atom stereocenters. The number of alkyl carbamates (subject to hydrolysis) is 1. The number of esters is 1. The van der Waals surface area contributed by atoms with Gasteiger partial charge in [0.1, 0.15) is 30.0 Å². The molecule has 0 saturated carbocycles. The minimum absolute atomic E-state index is 0.0538. The fourth-order valence-corrected chi connectivity index (χ4v) is 6.16. The van der Waals surface area contributed by atoms with Crippen LogP contribution in [-0.2, 0) is 47.8 Å². The maximum atomic E-state index is 12.9. The average molecular weight is 692 g/mol. The summed E-state index contributed by atoms with van der Waals surface area (Å²) < 4.78 is 60.6. The van der Waals surface area contributed by atoms with Crippen molar-refractivity contribution >= 4 is 50.7 Å². The zero-order valence-corrected chi connectivity index (χ0v) is 28.3. The van der Waals surface area contributed by atoms with Crippen LogP contribution in [0.15, 0.2) is 18.2 Å². The van der Waals surface area contributed by atoms with Gasteiger partial charge in [0.25, 0.3) is 5.91 Å². The van der Waals surface area contributed by atoms with Crippen molar-refractivity contribution in [1.29, 1.82) is 0 Å². The third kappa shape index (κ3) is 11.6. The molecular formula is C28H41N3O13S2. The normalized spacial score (nSPS) is 23.2. The van der Waals surface area contributed by atoms with Crippen molar-refractivity contribution in [3.63, 3.8) is 0 Å². The zero-order chi connectivity index (χ0) is 34.4. The molecule has 1 aromatic rings. The van der Waals surface area contributed by atoms with Gasteiger partial charge in [0.05, 0.1) is 24.2 Å². The lowest BCUT2D eigenvalue weighted by Crippen LogP contribution is -2.50. The Morgan fingerprint density at radius 1 is 1.15 bits per heavy atom. The smallest absolute Gasteiger partial charge is 0.408 e. The van der Waals surface area contributed by atoms with Gasteiger partial charge in [-0.2, -0.15) is 8.42 Å². The molecule has 2 amide bonds. The number of hydrogen-bond donors (Lipinski definition) is 2. The number of thiophene rings is 1. The number of carbonyl (C=O) groups is 3. The van der Waals surface area contributed by atoms with Gasteiger partial charge in [-0.3, -0.25) is 19.1 Å². The molecule has 2 saturated heterocycles. The molecule has 0 aromatic carbocycles. The first-order valence-electron chi connectivity index (χ1n) is 14.5. The van der Waals surface area contributed by atoms with Crippen LogP contribution in [0.3, 0.4) is 0 Å². The van der Waals surface area contributed by atoms with Gasteiger partial charge in [-0.05, 0) is 59.1 Å². The van der Waals surface area contributed by atoms with Crippen LogP contribution in [0.4, 0.5) is 9.80 Å². The van der Waals surface area contributed by atoms with E-state index in [0.717, 1.165) is 17.4 Å². The highest BCUT2D eigenvalue weighted by atomic mass is 32.2. The zero-order valence-electron chi connectivity index (χ0n) is 26.7. The summed E-state index contributed by atoms with van der Waals surface area (Å²) in [6.07, 6.45) is -0.927. The van der Waals surface area contributed by atoms with Crippen molar-refractivity contribution in [1.82, 2.24) is 10.0 Å². The van der Waals surface area contributed by atoms with E-state index in [1.54, 1.807) is 48.5 Å². The molecule has 0 spiro atoms. The second-order valence-electron chi connectivity index (χ2n) is 12.5. The van der Waals surface area contributed by atoms with Gasteiger partial charge < -0.3 is 29.0 Å². The molecule has 2 N–H and O–H groups in total. The van der Waals surface area contributed by atoms with Gasteiger partial charge in [0.15, 0.2) is 5.79 Å². The van der Waals surface area contributed by atoms with Crippen LogP contribution in [0, 0.1) is 16.0 Å². The third-order valence-corrected chi connectivity index (χ3v) is 8.30. The number of nitro groups is 1. The Balaban J connectivity index is 1.55. The summed E-state index contributed by atoms with van der Waals surface area (Å²) in [5, 5.41) is 13.2. The SMILES string of the molecule is CC(C)CC(NC(=O)OC(C)(C)C)C(=O)NS(=O)(=O)OCC1OC(CCOC(=O)C=Cc2ccc([N+](=O)[O-])s2)C2OC(C)(C)OC12. The number of ether oxygens (including phenoxy) is 5. The predicted molar refractivity (Wildman–Crippen MR) is 164 cm³/mol. The largest absolute Gasteiger partial charge is 0.462 e. The highest BCUT2D eigenvalue weighted by Gasteiger charge is 2.55. The van der Waals surface area contributed by atoms with Crippen LogP contribution in [0.1, 0.15) is 66.2 Å². The summed E-state index contributed by atoms with van der Waals surface area (Å²) in [6, 6.07) is 1.64. The first kappa shape index (κ1) is 37.3. The van der Waals surface area contributed by atoms with E-state index < -0.39 is 81.6 Å². The standard InChI is InChI=1S/C28H41N3O13S2/c1-16(2)14-18(29-26(34)44-27(3,4)5)25(33)30-46(37,38)40-15-20-24-23(42-28(6,7)43-24)19(41-20)12-13-39-22(32)11-9-17-8-10-21(45-17)31(35)36/h8-11,16,18-20,23-24H,12-15H2,1-7H3,(H,29,34)(H,30,33). The van der Waals surface area contributed by atoms with Gasteiger partial charge in [-0.15, -0.1) is 0 Å². The molecule has 0 bridgehead atoms.